The molecule has 1 atom stereocenters. The van der Waals surface area contributed by atoms with Crippen LogP contribution in [0.2, 0.25) is 0 Å². The number of nitrogens with one attached hydrogen (secondary N) is 1. The minimum Gasteiger partial charge on any atom is -0.508 e. The standard InChI is InChI=1S/C26H26N2O6/c1-31-22-10-7-17(3-4-18-13-23(32-2)25-24(14-18)33-15-34-25)12-21(22)28-26(30)20(27)11-16-5-8-19(29)9-6-16/h3-10,12-14,20,29H,11,15,27H2,1-2H3,(H,28,30)/p+1/b4-3-/t20-/m0/s1. The van der Waals surface area contributed by atoms with E-state index in [1.54, 1.807) is 44.6 Å². The van der Waals surface area contributed by atoms with Crippen LogP contribution in [-0.4, -0.2) is 38.1 Å². The first-order valence-corrected chi connectivity index (χ1v) is 10.7. The van der Waals surface area contributed by atoms with Gasteiger partial charge in [0.05, 0.1) is 19.9 Å². The van der Waals surface area contributed by atoms with Crippen LogP contribution in [0.4, 0.5) is 5.69 Å². The van der Waals surface area contributed by atoms with Gasteiger partial charge < -0.3 is 35.1 Å². The van der Waals surface area contributed by atoms with Gasteiger partial charge in [0.1, 0.15) is 11.5 Å². The topological polar surface area (TPSA) is 114 Å². The summed E-state index contributed by atoms with van der Waals surface area (Å²) in [5, 5.41) is 12.3. The van der Waals surface area contributed by atoms with E-state index in [2.05, 4.69) is 11.1 Å². The van der Waals surface area contributed by atoms with Crippen molar-refractivity contribution in [3.63, 3.8) is 0 Å². The van der Waals surface area contributed by atoms with Crippen LogP contribution in [0.15, 0.2) is 54.6 Å². The van der Waals surface area contributed by atoms with E-state index in [0.29, 0.717) is 35.1 Å². The molecular weight excluding hydrogens is 436 g/mol. The van der Waals surface area contributed by atoms with Gasteiger partial charge in [0.2, 0.25) is 12.5 Å². The van der Waals surface area contributed by atoms with Gasteiger partial charge in [0, 0.05) is 6.42 Å². The van der Waals surface area contributed by atoms with Gasteiger partial charge in [0.15, 0.2) is 17.5 Å². The molecule has 1 aliphatic rings. The number of ether oxygens (including phenoxy) is 4. The lowest BCUT2D eigenvalue weighted by molar-refractivity contribution is -0.402. The summed E-state index contributed by atoms with van der Waals surface area (Å²) in [6.45, 7) is 0.167. The minimum absolute atomic E-state index is 0.167. The van der Waals surface area contributed by atoms with Gasteiger partial charge in [-0.15, -0.1) is 0 Å². The number of aromatic hydroxyl groups is 1. The summed E-state index contributed by atoms with van der Waals surface area (Å²) in [6, 6.07) is 15.5. The monoisotopic (exact) mass is 463 g/mol. The van der Waals surface area contributed by atoms with Crippen molar-refractivity contribution in [1.82, 2.24) is 0 Å². The zero-order valence-electron chi connectivity index (χ0n) is 19.0. The van der Waals surface area contributed by atoms with Crippen LogP contribution in [0.1, 0.15) is 16.7 Å². The average molecular weight is 464 g/mol. The maximum atomic E-state index is 12.8. The molecule has 0 fully saturated rings. The molecule has 0 radical (unpaired) electrons. The summed E-state index contributed by atoms with van der Waals surface area (Å²) in [7, 11) is 3.14. The second kappa shape index (κ2) is 10.2. The van der Waals surface area contributed by atoms with E-state index in [1.807, 2.05) is 36.4 Å². The maximum absolute atomic E-state index is 12.8. The van der Waals surface area contributed by atoms with Crippen LogP contribution in [0, 0.1) is 0 Å². The quantitative estimate of drug-likeness (QED) is 0.443. The molecule has 0 bridgehead atoms. The van der Waals surface area contributed by atoms with Gasteiger partial charge in [-0.3, -0.25) is 4.79 Å². The van der Waals surface area contributed by atoms with Crippen LogP contribution < -0.4 is 30.0 Å². The molecule has 8 heteroatoms. The van der Waals surface area contributed by atoms with Crippen molar-refractivity contribution in [1.29, 1.82) is 0 Å². The van der Waals surface area contributed by atoms with Gasteiger partial charge in [-0.25, -0.2) is 0 Å². The van der Waals surface area contributed by atoms with Gasteiger partial charge in [-0.2, -0.15) is 0 Å². The third-order valence-electron chi connectivity index (χ3n) is 5.42. The number of amides is 1. The molecule has 4 rings (SSSR count). The number of quaternary nitrogens is 1. The van der Waals surface area contributed by atoms with E-state index in [9.17, 15) is 9.90 Å². The van der Waals surface area contributed by atoms with Gasteiger partial charge in [0.25, 0.3) is 5.91 Å². The van der Waals surface area contributed by atoms with E-state index in [1.165, 1.54) is 0 Å². The zero-order chi connectivity index (χ0) is 24.1. The summed E-state index contributed by atoms with van der Waals surface area (Å²) in [4.78, 5) is 12.8. The van der Waals surface area contributed by atoms with Crippen molar-refractivity contribution >= 4 is 23.7 Å². The average Bonchev–Trinajstić information content (AvgIpc) is 3.32. The molecule has 0 saturated carbocycles. The van der Waals surface area contributed by atoms with Crippen molar-refractivity contribution in [2.75, 3.05) is 26.3 Å². The lowest BCUT2D eigenvalue weighted by Crippen LogP contribution is -2.67. The summed E-state index contributed by atoms with van der Waals surface area (Å²) < 4.78 is 21.7. The van der Waals surface area contributed by atoms with Crippen LogP contribution in [0.3, 0.4) is 0 Å². The summed E-state index contributed by atoms with van der Waals surface area (Å²) >= 11 is 0. The SMILES string of the molecule is COc1ccc(/C=C\c2cc(OC)c3c(c2)OCO3)cc1NC(=O)[C@@H]([NH3+])Cc1ccc(O)cc1. The molecule has 0 unspecified atom stereocenters. The molecule has 3 aromatic carbocycles. The first-order chi connectivity index (χ1) is 16.5. The van der Waals surface area contributed by atoms with Crippen molar-refractivity contribution < 1.29 is 34.6 Å². The Morgan fingerprint density at radius 3 is 2.50 bits per heavy atom. The lowest BCUT2D eigenvalue weighted by atomic mass is 10.1. The van der Waals surface area contributed by atoms with E-state index in [0.717, 1.165) is 16.7 Å². The highest BCUT2D eigenvalue weighted by molar-refractivity contribution is 5.95. The van der Waals surface area contributed by atoms with Crippen molar-refractivity contribution in [2.24, 2.45) is 0 Å². The third kappa shape index (κ3) is 5.24. The fraction of sp³-hybridized carbons (Fsp3) is 0.192. The first-order valence-electron chi connectivity index (χ1n) is 10.7. The highest BCUT2D eigenvalue weighted by Gasteiger charge is 2.21. The molecule has 1 amide bonds. The Morgan fingerprint density at radius 1 is 1.03 bits per heavy atom. The Kier molecular flexibility index (Phi) is 6.89. The highest BCUT2D eigenvalue weighted by atomic mass is 16.7. The molecule has 3 aromatic rings. The number of hydrogen-bond acceptors (Lipinski definition) is 6. The van der Waals surface area contributed by atoms with Gasteiger partial charge in [-0.05, 0) is 53.1 Å². The second-order valence-corrected chi connectivity index (χ2v) is 7.81. The van der Waals surface area contributed by atoms with Gasteiger partial charge >= 0.3 is 0 Å². The number of phenolic OH excluding ortho intramolecular Hbond substituents is 1. The number of anilines is 1. The van der Waals surface area contributed by atoms with E-state index < -0.39 is 6.04 Å². The van der Waals surface area contributed by atoms with Crippen LogP contribution >= 0.6 is 0 Å². The molecule has 0 spiro atoms. The Hall–Kier alpha value is -4.17. The van der Waals surface area contributed by atoms with Crippen molar-refractivity contribution in [2.45, 2.75) is 12.5 Å². The minimum atomic E-state index is -0.519. The number of carbonyl (C=O) groups is 1. The molecule has 1 aliphatic heterocycles. The zero-order valence-corrected chi connectivity index (χ0v) is 19.0. The fourth-order valence-corrected chi connectivity index (χ4v) is 3.61. The molecule has 176 valence electrons. The van der Waals surface area contributed by atoms with Gasteiger partial charge in [-0.1, -0.05) is 30.4 Å². The van der Waals surface area contributed by atoms with E-state index in [-0.39, 0.29) is 18.4 Å². The third-order valence-corrected chi connectivity index (χ3v) is 5.42. The Bertz CT molecular complexity index is 1210. The Balaban J connectivity index is 1.49. The Morgan fingerprint density at radius 2 is 1.76 bits per heavy atom. The largest absolute Gasteiger partial charge is 0.508 e. The second-order valence-electron chi connectivity index (χ2n) is 7.81. The number of fused-ring (bicyclic) bond motifs is 1. The fourth-order valence-electron chi connectivity index (χ4n) is 3.61. The van der Waals surface area contributed by atoms with Crippen molar-refractivity contribution in [3.8, 4) is 28.7 Å². The molecule has 0 aromatic heterocycles. The molecule has 5 N–H and O–H groups in total. The first kappa shape index (κ1) is 23.0. The number of phenols is 1. The summed E-state index contributed by atoms with van der Waals surface area (Å²) in [5.41, 5.74) is 7.20. The smallest absolute Gasteiger partial charge is 0.282 e. The highest BCUT2D eigenvalue weighted by Crippen LogP contribution is 2.42. The van der Waals surface area contributed by atoms with Crippen molar-refractivity contribution in [3.05, 3.63) is 71.3 Å². The van der Waals surface area contributed by atoms with E-state index in [4.69, 9.17) is 18.9 Å². The maximum Gasteiger partial charge on any atom is 0.282 e. The number of benzene rings is 3. The molecule has 0 saturated heterocycles. The summed E-state index contributed by atoms with van der Waals surface area (Å²) in [6.07, 6.45) is 4.29. The number of carbonyl (C=O) groups excluding carboxylic acids is 1. The molecule has 1 heterocycles. The number of methoxy groups -OCH3 is 2. The molecular formula is C26H27N2O6+. The lowest BCUT2D eigenvalue weighted by Gasteiger charge is -2.13. The van der Waals surface area contributed by atoms with Crippen LogP contribution in [-0.2, 0) is 11.2 Å². The number of rotatable bonds is 8. The number of hydrogen-bond donors (Lipinski definition) is 3. The Labute approximate surface area is 197 Å². The molecule has 34 heavy (non-hydrogen) atoms. The molecule has 0 aliphatic carbocycles. The predicted molar refractivity (Wildman–Crippen MR) is 128 cm³/mol. The van der Waals surface area contributed by atoms with Crippen LogP contribution in [0.25, 0.3) is 12.2 Å². The summed E-state index contributed by atoms with van der Waals surface area (Å²) in [5.74, 6) is 2.34. The normalized spacial score (nSPS) is 13.0. The predicted octanol–water partition coefficient (Wildman–Crippen LogP) is 3.10. The van der Waals surface area contributed by atoms with E-state index >= 15 is 0 Å². The van der Waals surface area contributed by atoms with Crippen LogP contribution in [0.5, 0.6) is 28.7 Å². The molecule has 8 nitrogen and oxygen atoms in total.